The largest absolute Gasteiger partial charge is 0.273 e. The molecule has 1 heterocycles. The van der Waals surface area contributed by atoms with Crippen molar-refractivity contribution in [1.82, 2.24) is 5.43 Å². The van der Waals surface area contributed by atoms with E-state index < -0.39 is 0 Å². The summed E-state index contributed by atoms with van der Waals surface area (Å²) in [5.74, 6) is 0.211. The molecule has 0 saturated carbocycles. The van der Waals surface area contributed by atoms with Gasteiger partial charge in [0.05, 0.1) is 0 Å². The zero-order chi connectivity index (χ0) is 6.69. The summed E-state index contributed by atoms with van der Waals surface area (Å²) in [4.78, 5) is 10.8. The zero-order valence-corrected chi connectivity index (χ0v) is 5.42. The fraction of sp³-hybridized carbons (Fsp3) is 0.667. The lowest BCUT2D eigenvalue weighted by Gasteiger charge is -2.13. The normalized spacial score (nSPS) is 25.9. The van der Waals surface area contributed by atoms with Gasteiger partial charge in [0.2, 0.25) is 5.91 Å². The average molecular weight is 126 g/mol. The standard InChI is InChI=1S/C6H10N2O/c1-2-5-3-4-7-8-6(5)9/h4-5H,2-3H2,1H3,(H,8,9). The van der Waals surface area contributed by atoms with Crippen molar-refractivity contribution in [2.24, 2.45) is 11.0 Å². The van der Waals surface area contributed by atoms with Gasteiger partial charge in [-0.15, -0.1) is 0 Å². The number of nitrogens with one attached hydrogen (secondary N) is 1. The number of hydrogen-bond acceptors (Lipinski definition) is 2. The van der Waals surface area contributed by atoms with Crippen molar-refractivity contribution in [2.75, 3.05) is 0 Å². The molecule has 1 N–H and O–H groups in total. The summed E-state index contributed by atoms with van der Waals surface area (Å²) in [6, 6.07) is 0. The molecule has 3 heteroatoms. The maximum Gasteiger partial charge on any atom is 0.243 e. The number of carbonyl (C=O) groups excluding carboxylic acids is 1. The predicted molar refractivity (Wildman–Crippen MR) is 35.0 cm³/mol. The number of rotatable bonds is 1. The van der Waals surface area contributed by atoms with Crippen LogP contribution < -0.4 is 5.43 Å². The van der Waals surface area contributed by atoms with Gasteiger partial charge in [0.25, 0.3) is 0 Å². The highest BCUT2D eigenvalue weighted by Crippen LogP contribution is 2.08. The molecule has 3 nitrogen and oxygen atoms in total. The van der Waals surface area contributed by atoms with E-state index in [-0.39, 0.29) is 11.8 Å². The molecule has 1 amide bonds. The van der Waals surface area contributed by atoms with E-state index in [9.17, 15) is 4.79 Å². The van der Waals surface area contributed by atoms with Crippen LogP contribution in [0.25, 0.3) is 0 Å². The molecule has 1 aliphatic heterocycles. The second kappa shape index (κ2) is 2.62. The van der Waals surface area contributed by atoms with Crippen LogP contribution in [0, 0.1) is 5.92 Å². The van der Waals surface area contributed by atoms with Gasteiger partial charge in [-0.1, -0.05) is 6.92 Å². The van der Waals surface area contributed by atoms with E-state index in [4.69, 9.17) is 0 Å². The quantitative estimate of drug-likeness (QED) is 0.546. The topological polar surface area (TPSA) is 41.5 Å². The summed E-state index contributed by atoms with van der Waals surface area (Å²) in [7, 11) is 0. The minimum atomic E-state index is 0.0556. The molecule has 1 atom stereocenters. The SMILES string of the molecule is CCC1CC=NNC1=O. The third-order valence-corrected chi connectivity index (χ3v) is 1.52. The molecule has 0 fully saturated rings. The average Bonchev–Trinajstić information content (AvgIpc) is 1.89. The molecule has 0 aromatic rings. The first-order valence-electron chi connectivity index (χ1n) is 3.16. The maximum atomic E-state index is 10.8. The molecular weight excluding hydrogens is 116 g/mol. The fourth-order valence-corrected chi connectivity index (χ4v) is 0.840. The summed E-state index contributed by atoms with van der Waals surface area (Å²) < 4.78 is 0. The molecule has 0 aliphatic carbocycles. The van der Waals surface area contributed by atoms with Crippen LogP contribution >= 0.6 is 0 Å². The summed E-state index contributed by atoms with van der Waals surface area (Å²) in [5.41, 5.74) is 2.41. The van der Waals surface area contributed by atoms with Crippen LogP contribution in [0.5, 0.6) is 0 Å². The van der Waals surface area contributed by atoms with Gasteiger partial charge in [-0.2, -0.15) is 5.10 Å². The third kappa shape index (κ3) is 1.28. The Labute approximate surface area is 54.1 Å². The van der Waals surface area contributed by atoms with Gasteiger partial charge in [0.15, 0.2) is 0 Å². The molecule has 0 aromatic heterocycles. The first-order valence-corrected chi connectivity index (χ1v) is 3.16. The van der Waals surface area contributed by atoms with Crippen molar-refractivity contribution in [3.8, 4) is 0 Å². The monoisotopic (exact) mass is 126 g/mol. The van der Waals surface area contributed by atoms with Gasteiger partial charge < -0.3 is 0 Å². The molecule has 0 saturated heterocycles. The van der Waals surface area contributed by atoms with Gasteiger partial charge in [-0.3, -0.25) is 4.79 Å². The van der Waals surface area contributed by atoms with Crippen molar-refractivity contribution < 1.29 is 4.79 Å². The Morgan fingerprint density at radius 1 is 2.00 bits per heavy atom. The molecule has 1 rings (SSSR count). The van der Waals surface area contributed by atoms with Crippen molar-refractivity contribution in [3.63, 3.8) is 0 Å². The number of hydrazone groups is 1. The molecule has 1 aliphatic rings. The van der Waals surface area contributed by atoms with Crippen LogP contribution in [-0.4, -0.2) is 12.1 Å². The lowest BCUT2D eigenvalue weighted by molar-refractivity contribution is -0.125. The fourth-order valence-electron chi connectivity index (χ4n) is 0.840. The van der Waals surface area contributed by atoms with E-state index in [0.29, 0.717) is 0 Å². The summed E-state index contributed by atoms with van der Waals surface area (Å²) in [6.45, 7) is 2.00. The number of amides is 1. The highest BCUT2D eigenvalue weighted by atomic mass is 16.2. The lowest BCUT2D eigenvalue weighted by atomic mass is 10.0. The van der Waals surface area contributed by atoms with Crippen molar-refractivity contribution in [2.45, 2.75) is 19.8 Å². The van der Waals surface area contributed by atoms with E-state index in [1.807, 2.05) is 6.92 Å². The Kier molecular flexibility index (Phi) is 1.82. The summed E-state index contributed by atoms with van der Waals surface area (Å²) in [6.07, 6.45) is 3.44. The molecular formula is C6H10N2O. The van der Waals surface area contributed by atoms with Crippen LogP contribution in [0.2, 0.25) is 0 Å². The van der Waals surface area contributed by atoms with E-state index in [0.717, 1.165) is 12.8 Å². The lowest BCUT2D eigenvalue weighted by Crippen LogP contribution is -2.30. The second-order valence-electron chi connectivity index (χ2n) is 2.13. The van der Waals surface area contributed by atoms with Crippen LogP contribution in [0.3, 0.4) is 0 Å². The van der Waals surface area contributed by atoms with Gasteiger partial charge in [0, 0.05) is 12.1 Å². The molecule has 1 unspecified atom stereocenters. The molecule has 9 heavy (non-hydrogen) atoms. The number of carbonyl (C=O) groups is 1. The Hall–Kier alpha value is -0.860. The molecule has 0 spiro atoms. The highest BCUT2D eigenvalue weighted by molar-refractivity contribution is 5.84. The van der Waals surface area contributed by atoms with E-state index >= 15 is 0 Å². The predicted octanol–water partition coefficient (Wildman–Crippen LogP) is 0.518. The van der Waals surface area contributed by atoms with Gasteiger partial charge >= 0.3 is 0 Å². The van der Waals surface area contributed by atoms with Crippen molar-refractivity contribution >= 4 is 12.1 Å². The second-order valence-corrected chi connectivity index (χ2v) is 2.13. The maximum absolute atomic E-state index is 10.8. The molecule has 0 radical (unpaired) electrons. The van der Waals surface area contributed by atoms with Crippen molar-refractivity contribution in [3.05, 3.63) is 0 Å². The van der Waals surface area contributed by atoms with Crippen LogP contribution in [0.4, 0.5) is 0 Å². The van der Waals surface area contributed by atoms with Crippen LogP contribution in [-0.2, 0) is 4.79 Å². The Balaban J connectivity index is 2.53. The number of hydrogen-bond donors (Lipinski definition) is 1. The van der Waals surface area contributed by atoms with Gasteiger partial charge in [0.1, 0.15) is 0 Å². The third-order valence-electron chi connectivity index (χ3n) is 1.52. The Morgan fingerprint density at radius 2 is 2.78 bits per heavy atom. The minimum absolute atomic E-state index is 0.0556. The zero-order valence-electron chi connectivity index (χ0n) is 5.42. The van der Waals surface area contributed by atoms with Gasteiger partial charge in [-0.05, 0) is 12.8 Å². The minimum Gasteiger partial charge on any atom is -0.273 e. The number of nitrogens with zero attached hydrogens (tertiary/aromatic N) is 1. The highest BCUT2D eigenvalue weighted by Gasteiger charge is 2.16. The van der Waals surface area contributed by atoms with E-state index in [1.165, 1.54) is 0 Å². The van der Waals surface area contributed by atoms with Crippen LogP contribution in [0.15, 0.2) is 5.10 Å². The first kappa shape index (κ1) is 6.26. The summed E-state index contributed by atoms with van der Waals surface area (Å²) >= 11 is 0. The smallest absolute Gasteiger partial charge is 0.243 e. The van der Waals surface area contributed by atoms with Crippen LogP contribution in [0.1, 0.15) is 19.8 Å². The van der Waals surface area contributed by atoms with E-state index in [1.54, 1.807) is 6.21 Å². The molecule has 0 bridgehead atoms. The van der Waals surface area contributed by atoms with Gasteiger partial charge in [-0.25, -0.2) is 5.43 Å². The Bertz CT molecular complexity index is 142. The molecule has 50 valence electrons. The summed E-state index contributed by atoms with van der Waals surface area (Å²) in [5, 5.41) is 3.63. The van der Waals surface area contributed by atoms with Crippen molar-refractivity contribution in [1.29, 1.82) is 0 Å². The molecule has 0 aromatic carbocycles. The Morgan fingerprint density at radius 3 is 3.22 bits per heavy atom. The first-order chi connectivity index (χ1) is 4.34. The van der Waals surface area contributed by atoms with E-state index in [2.05, 4.69) is 10.5 Å².